The number of anilines is 1. The topological polar surface area (TPSA) is 147 Å². The van der Waals surface area contributed by atoms with Crippen molar-refractivity contribution in [3.8, 4) is 0 Å². The number of amides is 2. The zero-order valence-electron chi connectivity index (χ0n) is 20.9. The lowest BCUT2D eigenvalue weighted by Gasteiger charge is -2.23. The molecule has 1 unspecified atom stereocenters. The first-order valence-corrected chi connectivity index (χ1v) is 15.2. The highest BCUT2D eigenvalue weighted by atomic mass is 32.2. The van der Waals surface area contributed by atoms with Crippen LogP contribution in [0.2, 0.25) is 0 Å². The van der Waals surface area contributed by atoms with E-state index in [2.05, 4.69) is 22.1 Å². The number of thiazole rings is 1. The number of alkyl carbamates (subject to hydrolysis) is 1. The number of benzene rings is 2. The molecule has 2 aromatic carbocycles. The largest absolute Gasteiger partial charge is 0.453 e. The zero-order valence-corrected chi connectivity index (χ0v) is 23.4. The first-order chi connectivity index (χ1) is 18.7. The molecule has 13 heteroatoms. The van der Waals surface area contributed by atoms with Crippen LogP contribution in [0.5, 0.6) is 0 Å². The van der Waals surface area contributed by atoms with Crippen molar-refractivity contribution in [2.24, 2.45) is 0 Å². The standard InChI is InChI=1S/C26H28N4O6S3/c1-36-26(32)29-21(15-17-6-3-2-4-7-17)24(31)27-20(22-16-38-25(28-22)23-8-5-13-37-23)14-18-9-11-19(12-10-18)30-39(33,34)35/h2-7,9-13,16,20-21,23,30H,8,14-15H2,1H3,(H,27,31)(H,29,32)(H,33,34,35)/t20-,21-,23?/m0/s1. The van der Waals surface area contributed by atoms with Crippen molar-refractivity contribution < 1.29 is 27.3 Å². The van der Waals surface area contributed by atoms with Crippen LogP contribution in [-0.2, 0) is 32.7 Å². The fraction of sp³-hybridized carbons (Fsp3) is 0.269. The number of rotatable bonds is 11. The monoisotopic (exact) mass is 588 g/mol. The Morgan fingerprint density at radius 1 is 1.08 bits per heavy atom. The Labute approximate surface area is 235 Å². The van der Waals surface area contributed by atoms with E-state index in [0.717, 1.165) is 22.6 Å². The van der Waals surface area contributed by atoms with Gasteiger partial charge in [-0.15, -0.1) is 23.1 Å². The molecule has 4 N–H and O–H groups in total. The summed E-state index contributed by atoms with van der Waals surface area (Å²) in [5.41, 5.74) is 2.56. The number of thioether (sulfide) groups is 1. The van der Waals surface area contributed by atoms with Crippen LogP contribution >= 0.6 is 23.1 Å². The Morgan fingerprint density at radius 3 is 2.44 bits per heavy atom. The van der Waals surface area contributed by atoms with Crippen molar-refractivity contribution in [3.05, 3.63) is 93.3 Å². The van der Waals surface area contributed by atoms with Gasteiger partial charge >= 0.3 is 16.4 Å². The summed E-state index contributed by atoms with van der Waals surface area (Å²) >= 11 is 3.23. The summed E-state index contributed by atoms with van der Waals surface area (Å²) in [6.45, 7) is 0. The van der Waals surface area contributed by atoms with Crippen LogP contribution in [0.15, 0.2) is 71.5 Å². The highest BCUT2D eigenvalue weighted by Crippen LogP contribution is 2.40. The van der Waals surface area contributed by atoms with E-state index in [9.17, 15) is 18.0 Å². The van der Waals surface area contributed by atoms with Crippen LogP contribution in [-0.4, -0.2) is 43.1 Å². The summed E-state index contributed by atoms with van der Waals surface area (Å²) < 4.78 is 38.0. The minimum atomic E-state index is -4.39. The van der Waals surface area contributed by atoms with Gasteiger partial charge in [0.25, 0.3) is 0 Å². The maximum absolute atomic E-state index is 13.5. The third-order valence-electron chi connectivity index (χ3n) is 5.90. The van der Waals surface area contributed by atoms with Crippen molar-refractivity contribution >= 4 is 51.1 Å². The predicted molar refractivity (Wildman–Crippen MR) is 152 cm³/mol. The molecule has 10 nitrogen and oxygen atoms in total. The molecular weight excluding hydrogens is 561 g/mol. The van der Waals surface area contributed by atoms with E-state index in [1.807, 2.05) is 40.4 Å². The van der Waals surface area contributed by atoms with Gasteiger partial charge in [0, 0.05) is 11.8 Å². The molecule has 2 amide bonds. The minimum Gasteiger partial charge on any atom is -0.453 e. The Bertz CT molecular complexity index is 1400. The quantitative estimate of drug-likeness (QED) is 0.241. The van der Waals surface area contributed by atoms with Gasteiger partial charge in [-0.05, 0) is 41.5 Å². The Kier molecular flexibility index (Phi) is 9.62. The molecule has 0 aliphatic carbocycles. The molecule has 0 saturated carbocycles. The van der Waals surface area contributed by atoms with E-state index in [0.29, 0.717) is 12.1 Å². The number of carbonyl (C=O) groups excluding carboxylic acids is 2. The number of methoxy groups -OCH3 is 1. The number of nitrogens with one attached hydrogen (secondary N) is 3. The van der Waals surface area contributed by atoms with Crippen molar-refractivity contribution in [2.75, 3.05) is 11.8 Å². The van der Waals surface area contributed by atoms with Crippen LogP contribution < -0.4 is 15.4 Å². The third-order valence-corrected chi connectivity index (χ3v) is 8.61. The normalized spacial score (nSPS) is 16.3. The number of hydrogen-bond acceptors (Lipinski definition) is 8. The zero-order chi connectivity index (χ0) is 27.8. The van der Waals surface area contributed by atoms with Gasteiger partial charge < -0.3 is 15.4 Å². The van der Waals surface area contributed by atoms with Crippen molar-refractivity contribution in [1.82, 2.24) is 15.6 Å². The summed E-state index contributed by atoms with van der Waals surface area (Å²) in [6.07, 6.45) is 2.89. The molecule has 1 aliphatic rings. The summed E-state index contributed by atoms with van der Waals surface area (Å²) in [7, 11) is -3.15. The van der Waals surface area contributed by atoms with E-state index >= 15 is 0 Å². The molecule has 0 bridgehead atoms. The Balaban J connectivity index is 1.57. The predicted octanol–water partition coefficient (Wildman–Crippen LogP) is 4.42. The molecule has 1 aromatic heterocycles. The molecule has 3 aromatic rings. The number of carbonyl (C=O) groups is 2. The SMILES string of the molecule is COC(=O)N[C@@H](Cc1ccccc1)C(=O)N[C@@H](Cc1ccc(NS(=O)(=O)O)cc1)c1csc(C2CC=CS2)n1. The van der Waals surface area contributed by atoms with Crippen LogP contribution in [0.3, 0.4) is 0 Å². The van der Waals surface area contributed by atoms with E-state index in [1.54, 1.807) is 23.9 Å². The van der Waals surface area contributed by atoms with Crippen molar-refractivity contribution in [2.45, 2.75) is 36.6 Å². The second-order valence-corrected chi connectivity index (χ2v) is 11.9. The Hall–Kier alpha value is -3.39. The van der Waals surface area contributed by atoms with Crippen molar-refractivity contribution in [3.63, 3.8) is 0 Å². The maximum Gasteiger partial charge on any atom is 0.407 e. The number of hydrogen-bond donors (Lipinski definition) is 4. The molecule has 39 heavy (non-hydrogen) atoms. The van der Waals surface area contributed by atoms with Crippen LogP contribution in [0, 0.1) is 0 Å². The fourth-order valence-electron chi connectivity index (χ4n) is 4.01. The van der Waals surface area contributed by atoms with E-state index in [-0.39, 0.29) is 17.4 Å². The average Bonchev–Trinajstić information content (AvgIpc) is 3.61. The lowest BCUT2D eigenvalue weighted by Crippen LogP contribution is -2.49. The molecular formula is C26H28N4O6S3. The highest BCUT2D eigenvalue weighted by Gasteiger charge is 2.27. The lowest BCUT2D eigenvalue weighted by molar-refractivity contribution is -0.123. The van der Waals surface area contributed by atoms with Gasteiger partial charge in [-0.1, -0.05) is 48.5 Å². The average molecular weight is 589 g/mol. The summed E-state index contributed by atoms with van der Waals surface area (Å²) in [5.74, 6) is -0.398. The molecule has 1 aliphatic heterocycles. The molecule has 206 valence electrons. The number of aromatic nitrogens is 1. The molecule has 0 fully saturated rings. The number of nitrogens with zero attached hydrogens (tertiary/aromatic N) is 1. The van der Waals surface area contributed by atoms with Gasteiger partial charge in [-0.2, -0.15) is 8.42 Å². The van der Waals surface area contributed by atoms with E-state index in [1.165, 1.54) is 30.6 Å². The first kappa shape index (κ1) is 28.6. The highest BCUT2D eigenvalue weighted by molar-refractivity contribution is 8.02. The van der Waals surface area contributed by atoms with Crippen LogP contribution in [0.4, 0.5) is 10.5 Å². The lowest BCUT2D eigenvalue weighted by atomic mass is 10.0. The van der Waals surface area contributed by atoms with E-state index in [4.69, 9.17) is 14.3 Å². The molecule has 4 rings (SSSR count). The van der Waals surface area contributed by atoms with Crippen LogP contribution in [0.1, 0.15) is 39.5 Å². The summed E-state index contributed by atoms with van der Waals surface area (Å²) in [5, 5.41) is 10.8. The van der Waals surface area contributed by atoms with Gasteiger partial charge in [0.15, 0.2) is 0 Å². The van der Waals surface area contributed by atoms with Crippen LogP contribution in [0.25, 0.3) is 0 Å². The molecule has 0 spiro atoms. The minimum absolute atomic E-state index is 0.203. The maximum atomic E-state index is 13.5. The van der Waals surface area contributed by atoms with Gasteiger partial charge in [0.1, 0.15) is 11.0 Å². The molecule has 0 saturated heterocycles. The van der Waals surface area contributed by atoms with Crippen molar-refractivity contribution in [1.29, 1.82) is 0 Å². The smallest absolute Gasteiger partial charge is 0.407 e. The van der Waals surface area contributed by atoms with Gasteiger partial charge in [-0.25, -0.2) is 9.78 Å². The Morgan fingerprint density at radius 2 is 1.79 bits per heavy atom. The second-order valence-electron chi connectivity index (χ2n) is 8.76. The van der Waals surface area contributed by atoms with E-state index < -0.39 is 34.4 Å². The first-order valence-electron chi connectivity index (χ1n) is 12.0. The summed E-state index contributed by atoms with van der Waals surface area (Å²) in [6, 6.07) is 14.4. The van der Waals surface area contributed by atoms with Gasteiger partial charge in [0.05, 0.1) is 29.8 Å². The second kappa shape index (κ2) is 13.1. The van der Waals surface area contributed by atoms with Gasteiger partial charge in [0.2, 0.25) is 5.91 Å². The number of allylic oxidation sites excluding steroid dienone is 1. The summed E-state index contributed by atoms with van der Waals surface area (Å²) in [4.78, 5) is 30.4. The third kappa shape index (κ3) is 8.55. The molecule has 3 atom stereocenters. The fourth-order valence-corrected chi connectivity index (χ4v) is 6.44. The molecule has 2 heterocycles. The van der Waals surface area contributed by atoms with Gasteiger partial charge in [-0.3, -0.25) is 14.1 Å². The molecule has 0 radical (unpaired) electrons. The number of ether oxygens (including phenoxy) is 1.